The Morgan fingerprint density at radius 2 is 1.80 bits per heavy atom. The second-order valence-corrected chi connectivity index (χ2v) is 15.7. The van der Waals surface area contributed by atoms with Crippen molar-refractivity contribution in [1.29, 1.82) is 0 Å². The zero-order valence-corrected chi connectivity index (χ0v) is 29.6. The Balaban J connectivity index is 1.25. The lowest BCUT2D eigenvalue weighted by Crippen LogP contribution is -2.49. The number of thiophene rings is 1. The highest BCUT2D eigenvalue weighted by molar-refractivity contribution is 7.22. The first-order valence-electron chi connectivity index (χ1n) is 16.8. The molecule has 1 N–H and O–H groups in total. The van der Waals surface area contributed by atoms with E-state index in [1.807, 2.05) is 51.1 Å². The molecule has 0 unspecified atom stereocenters. The molecule has 4 heterocycles. The fourth-order valence-corrected chi connectivity index (χ4v) is 10.5. The molecule has 252 valence electrons. The third-order valence-electron chi connectivity index (χ3n) is 11.6. The number of carbonyl (C=O) groups is 4. The summed E-state index contributed by atoms with van der Waals surface area (Å²) >= 11 is 7.88. The van der Waals surface area contributed by atoms with E-state index in [0.29, 0.717) is 41.5 Å². The third kappa shape index (κ3) is 4.39. The summed E-state index contributed by atoms with van der Waals surface area (Å²) in [4.78, 5) is 60.6. The number of carbonyl (C=O) groups excluding carboxylic acids is 4. The largest absolute Gasteiger partial charge is 0.508 e. The van der Waals surface area contributed by atoms with Crippen molar-refractivity contribution in [2.75, 3.05) is 11.4 Å². The number of rotatable bonds is 5. The first-order chi connectivity index (χ1) is 23.4. The standard InChI is InChI=1S/C38H37ClN4O5S/c1-6-13-42-34(45)23-10-9-22-25(31(23)36(42)47)16-26-35(46)43(37(48)38(26,4)32(22)20-7-11-28(44)18(2)14-20)30-17-27(40-41(30)5)33-19(3)24-15-21(39)8-12-29(24)49-33/h7-9,11-12,14-15,17,23,25-26,31-32,44H,6,10,13,16H2,1-5H3/t23-,25+,26-,31-,32-,38+/m0/s1. The summed E-state index contributed by atoms with van der Waals surface area (Å²) in [6, 6.07) is 12.9. The van der Waals surface area contributed by atoms with Crippen LogP contribution in [0.1, 0.15) is 55.7 Å². The minimum atomic E-state index is -1.18. The van der Waals surface area contributed by atoms with Crippen molar-refractivity contribution in [3.05, 3.63) is 75.8 Å². The minimum Gasteiger partial charge on any atom is -0.508 e. The molecule has 2 saturated heterocycles. The van der Waals surface area contributed by atoms with Crippen LogP contribution in [0.15, 0.2) is 54.1 Å². The Kier molecular flexibility index (Phi) is 7.25. The van der Waals surface area contributed by atoms with Crippen LogP contribution in [-0.2, 0) is 26.2 Å². The van der Waals surface area contributed by atoms with E-state index < -0.39 is 29.1 Å². The van der Waals surface area contributed by atoms with Gasteiger partial charge in [0.25, 0.3) is 0 Å². The molecule has 0 bridgehead atoms. The minimum absolute atomic E-state index is 0.138. The van der Waals surface area contributed by atoms with E-state index in [0.717, 1.165) is 31.7 Å². The van der Waals surface area contributed by atoms with Crippen molar-refractivity contribution in [1.82, 2.24) is 14.7 Å². The fourth-order valence-electron chi connectivity index (χ4n) is 9.20. The van der Waals surface area contributed by atoms with Crippen LogP contribution >= 0.6 is 22.9 Å². The number of phenolic OH excluding ortho intramolecular Hbond substituents is 1. The average Bonchev–Trinajstić information content (AvgIpc) is 3.73. The van der Waals surface area contributed by atoms with Crippen LogP contribution in [0.3, 0.4) is 0 Å². The molecule has 0 radical (unpaired) electrons. The van der Waals surface area contributed by atoms with Crippen LogP contribution in [0.25, 0.3) is 20.7 Å². The topological polar surface area (TPSA) is 113 Å². The van der Waals surface area contributed by atoms with E-state index in [2.05, 4.69) is 6.08 Å². The van der Waals surface area contributed by atoms with Crippen LogP contribution < -0.4 is 4.90 Å². The quantitative estimate of drug-likeness (QED) is 0.179. The molecule has 2 aliphatic carbocycles. The summed E-state index contributed by atoms with van der Waals surface area (Å²) in [5, 5.41) is 16.9. The lowest BCUT2D eigenvalue weighted by Gasteiger charge is -2.49. The number of likely N-dealkylation sites (tertiary alicyclic amines) is 1. The normalized spacial score (nSPS) is 28.0. The molecule has 6 atom stereocenters. The summed E-state index contributed by atoms with van der Waals surface area (Å²) in [6.45, 7) is 8.01. The predicted molar refractivity (Wildman–Crippen MR) is 188 cm³/mol. The summed E-state index contributed by atoms with van der Waals surface area (Å²) in [7, 11) is 1.74. The molecule has 4 amide bonds. The van der Waals surface area contributed by atoms with Gasteiger partial charge in [-0.05, 0) is 92.3 Å². The highest BCUT2D eigenvalue weighted by Gasteiger charge is 2.67. The number of hydrogen-bond donors (Lipinski definition) is 1. The Labute approximate surface area is 293 Å². The first-order valence-corrected chi connectivity index (χ1v) is 18.0. The highest BCUT2D eigenvalue weighted by Crippen LogP contribution is 2.63. The van der Waals surface area contributed by atoms with Crippen LogP contribution in [-0.4, -0.2) is 50.0 Å². The molecule has 11 heteroatoms. The number of nitrogens with zero attached hydrogens (tertiary/aromatic N) is 4. The molecule has 3 fully saturated rings. The Morgan fingerprint density at radius 1 is 1.02 bits per heavy atom. The molecule has 4 aromatic rings. The Morgan fingerprint density at radius 3 is 2.53 bits per heavy atom. The molecule has 49 heavy (non-hydrogen) atoms. The van der Waals surface area contributed by atoms with Gasteiger partial charge in [-0.25, -0.2) is 4.90 Å². The number of imide groups is 2. The van der Waals surface area contributed by atoms with E-state index >= 15 is 0 Å². The summed E-state index contributed by atoms with van der Waals surface area (Å²) in [5.41, 5.74) is 2.88. The fraction of sp³-hybridized carbons (Fsp3) is 0.395. The van der Waals surface area contributed by atoms with E-state index in [-0.39, 0.29) is 41.7 Å². The lowest BCUT2D eigenvalue weighted by atomic mass is 9.51. The van der Waals surface area contributed by atoms with Gasteiger partial charge in [-0.15, -0.1) is 11.3 Å². The number of anilines is 1. The SMILES string of the molecule is CCCN1C(=O)[C@H]2[C@H](CC=C3[C@H]2C[C@H]2C(=O)N(c4cc(-c5sc6ccc(Cl)cc6c5C)nn4C)C(=O)[C@@]2(C)[C@H]3c2ccc(O)c(C)c2)C1=O. The van der Waals surface area contributed by atoms with E-state index in [1.165, 1.54) is 9.80 Å². The number of halogens is 1. The zero-order valence-electron chi connectivity index (χ0n) is 28.0. The van der Waals surface area contributed by atoms with Crippen LogP contribution in [0.5, 0.6) is 5.75 Å². The lowest BCUT2D eigenvalue weighted by molar-refractivity contribution is -0.140. The Hall–Kier alpha value is -4.28. The molecular formula is C38H37ClN4O5S. The molecule has 1 saturated carbocycles. The maximum absolute atomic E-state index is 15.0. The number of aryl methyl sites for hydroxylation is 3. The average molecular weight is 697 g/mol. The number of hydrogen-bond acceptors (Lipinski definition) is 7. The number of phenols is 1. The molecule has 4 aliphatic rings. The maximum atomic E-state index is 15.0. The number of allylic oxidation sites excluding steroid dienone is 2. The van der Waals surface area contributed by atoms with Crippen molar-refractivity contribution < 1.29 is 24.3 Å². The van der Waals surface area contributed by atoms with Gasteiger partial charge in [-0.2, -0.15) is 5.10 Å². The second kappa shape index (κ2) is 11.1. The van der Waals surface area contributed by atoms with Crippen LogP contribution in [0.4, 0.5) is 5.82 Å². The van der Waals surface area contributed by atoms with Gasteiger partial charge >= 0.3 is 0 Å². The molecule has 2 aliphatic heterocycles. The van der Waals surface area contributed by atoms with Gasteiger partial charge in [0.15, 0.2) is 0 Å². The molecule has 2 aromatic heterocycles. The van der Waals surface area contributed by atoms with Gasteiger partial charge in [0.2, 0.25) is 23.6 Å². The number of amides is 4. The van der Waals surface area contributed by atoms with Crippen molar-refractivity contribution in [2.24, 2.45) is 36.1 Å². The monoisotopic (exact) mass is 696 g/mol. The third-order valence-corrected chi connectivity index (χ3v) is 13.1. The zero-order chi connectivity index (χ0) is 34.7. The maximum Gasteiger partial charge on any atom is 0.242 e. The molecule has 0 spiro atoms. The number of aromatic hydroxyl groups is 1. The van der Waals surface area contributed by atoms with Crippen molar-refractivity contribution in [3.8, 4) is 16.3 Å². The number of fused-ring (bicyclic) bond motifs is 5. The van der Waals surface area contributed by atoms with E-state index in [1.54, 1.807) is 42.1 Å². The first kappa shape index (κ1) is 32.0. The van der Waals surface area contributed by atoms with Crippen molar-refractivity contribution in [3.63, 3.8) is 0 Å². The van der Waals surface area contributed by atoms with Gasteiger partial charge in [-0.3, -0.25) is 28.8 Å². The van der Waals surface area contributed by atoms with Crippen molar-refractivity contribution >= 4 is 62.5 Å². The molecule has 9 nitrogen and oxygen atoms in total. The number of aromatic nitrogens is 2. The molecule has 2 aromatic carbocycles. The summed E-state index contributed by atoms with van der Waals surface area (Å²) in [5.74, 6) is -3.15. The highest BCUT2D eigenvalue weighted by atomic mass is 35.5. The Bertz CT molecular complexity index is 2170. The van der Waals surface area contributed by atoms with Gasteiger partial charge in [-0.1, -0.05) is 42.3 Å². The van der Waals surface area contributed by atoms with E-state index in [9.17, 15) is 24.3 Å². The van der Waals surface area contributed by atoms with E-state index in [4.69, 9.17) is 16.7 Å². The predicted octanol–water partition coefficient (Wildman–Crippen LogP) is 6.92. The molecular weight excluding hydrogens is 660 g/mol. The van der Waals surface area contributed by atoms with Gasteiger partial charge < -0.3 is 5.11 Å². The van der Waals surface area contributed by atoms with Gasteiger partial charge in [0.05, 0.1) is 28.0 Å². The van der Waals surface area contributed by atoms with Crippen LogP contribution in [0, 0.1) is 42.9 Å². The summed E-state index contributed by atoms with van der Waals surface area (Å²) in [6.07, 6.45) is 3.42. The van der Waals surface area contributed by atoms with Crippen LogP contribution in [0.2, 0.25) is 5.02 Å². The van der Waals surface area contributed by atoms with Crippen molar-refractivity contribution in [2.45, 2.75) is 52.9 Å². The van der Waals surface area contributed by atoms with Gasteiger partial charge in [0, 0.05) is 35.3 Å². The smallest absolute Gasteiger partial charge is 0.242 e. The summed E-state index contributed by atoms with van der Waals surface area (Å²) < 4.78 is 2.65. The molecule has 8 rings (SSSR count). The number of benzene rings is 2. The second-order valence-electron chi connectivity index (χ2n) is 14.2. The van der Waals surface area contributed by atoms with Gasteiger partial charge in [0.1, 0.15) is 17.3 Å².